The molecule has 14 heteroatoms. The van der Waals surface area contributed by atoms with Crippen molar-refractivity contribution in [3.8, 4) is 11.5 Å². The van der Waals surface area contributed by atoms with Crippen molar-refractivity contribution in [3.63, 3.8) is 0 Å². The van der Waals surface area contributed by atoms with Crippen molar-refractivity contribution < 1.29 is 46.2 Å². The first-order valence-electron chi connectivity index (χ1n) is 12.2. The Kier molecular flexibility index (Phi) is 7.39. The average molecular weight is 575 g/mol. The number of aromatic nitrogens is 1. The van der Waals surface area contributed by atoms with Crippen LogP contribution >= 0.6 is 0 Å². The zero-order valence-corrected chi connectivity index (χ0v) is 21.2. The molecule has 0 aliphatic carbocycles. The van der Waals surface area contributed by atoms with Crippen molar-refractivity contribution in [1.82, 2.24) is 9.88 Å². The lowest BCUT2D eigenvalue weighted by Crippen LogP contribution is -2.45. The van der Waals surface area contributed by atoms with Gasteiger partial charge in [0.05, 0.1) is 13.7 Å². The molecule has 2 aliphatic heterocycles. The second kappa shape index (κ2) is 10.9. The lowest BCUT2D eigenvalue weighted by Gasteiger charge is -2.22. The van der Waals surface area contributed by atoms with Crippen LogP contribution in [0.5, 0.6) is 11.5 Å². The fourth-order valence-electron chi connectivity index (χ4n) is 4.89. The summed E-state index contributed by atoms with van der Waals surface area (Å²) in [4.78, 5) is 53.0. The van der Waals surface area contributed by atoms with E-state index in [1.165, 1.54) is 31.4 Å². The molecule has 0 saturated carbocycles. The summed E-state index contributed by atoms with van der Waals surface area (Å²) in [5.74, 6) is -6.12. The van der Waals surface area contributed by atoms with Crippen molar-refractivity contribution in [1.29, 1.82) is 0 Å². The number of hydrogen-bond donors (Lipinski definition) is 1. The van der Waals surface area contributed by atoms with Crippen molar-refractivity contribution >= 4 is 23.5 Å². The molecule has 0 radical (unpaired) electrons. The van der Waals surface area contributed by atoms with Crippen LogP contribution in [0.2, 0.25) is 0 Å². The predicted octanol–water partition coefficient (Wildman–Crippen LogP) is 2.84. The zero-order chi connectivity index (χ0) is 29.4. The van der Waals surface area contributed by atoms with Gasteiger partial charge in [0.2, 0.25) is 5.91 Å². The van der Waals surface area contributed by atoms with Crippen LogP contribution in [0.1, 0.15) is 32.3 Å². The lowest BCUT2D eigenvalue weighted by molar-refractivity contribution is -0.118. The molecule has 10 nitrogen and oxygen atoms in total. The molecular formula is C27H21F4N3O7. The smallest absolute Gasteiger partial charge is 0.387 e. The van der Waals surface area contributed by atoms with Gasteiger partial charge in [0, 0.05) is 35.7 Å². The van der Waals surface area contributed by atoms with Crippen LogP contribution in [0.15, 0.2) is 53.3 Å². The fourth-order valence-corrected chi connectivity index (χ4v) is 4.89. The van der Waals surface area contributed by atoms with Crippen LogP contribution in [-0.2, 0) is 16.1 Å². The number of nitrogens with zero attached hydrogens (tertiary/aromatic N) is 2. The number of cyclic esters (lactones) is 1. The number of anilines is 1. The molecular weight excluding hydrogens is 554 g/mol. The minimum absolute atomic E-state index is 0.0236. The Morgan fingerprint density at radius 1 is 1.02 bits per heavy atom. The van der Waals surface area contributed by atoms with Gasteiger partial charge in [0.1, 0.15) is 47.2 Å². The Balaban J connectivity index is 1.52. The molecule has 5 rings (SSSR count). The van der Waals surface area contributed by atoms with E-state index in [9.17, 15) is 28.0 Å². The summed E-state index contributed by atoms with van der Waals surface area (Å²) in [6.45, 7) is -3.50. The number of rotatable bonds is 7. The maximum atomic E-state index is 15.2. The van der Waals surface area contributed by atoms with E-state index in [0.29, 0.717) is 0 Å². The zero-order valence-electron chi connectivity index (χ0n) is 21.2. The Bertz CT molecular complexity index is 1570. The van der Waals surface area contributed by atoms with Gasteiger partial charge in [0.15, 0.2) is 0 Å². The summed E-state index contributed by atoms with van der Waals surface area (Å²) in [6.07, 6.45) is 0. The molecule has 41 heavy (non-hydrogen) atoms. The van der Waals surface area contributed by atoms with E-state index in [1.807, 2.05) is 0 Å². The molecule has 0 bridgehead atoms. The van der Waals surface area contributed by atoms with Crippen molar-refractivity contribution in [2.24, 2.45) is 0 Å². The number of ether oxygens (including phenoxy) is 3. The van der Waals surface area contributed by atoms with Gasteiger partial charge in [-0.25, -0.2) is 13.6 Å². The average Bonchev–Trinajstić information content (AvgIpc) is 3.24. The van der Waals surface area contributed by atoms with Gasteiger partial charge in [-0.05, 0) is 36.4 Å². The summed E-state index contributed by atoms with van der Waals surface area (Å²) in [7, 11) is 1.22. The van der Waals surface area contributed by atoms with Crippen LogP contribution in [-0.4, -0.2) is 55.3 Å². The highest BCUT2D eigenvalue weighted by atomic mass is 19.3. The number of nitrogens with one attached hydrogen (secondary N) is 1. The van der Waals surface area contributed by atoms with E-state index in [0.717, 1.165) is 33.7 Å². The molecule has 1 fully saturated rings. The largest absolute Gasteiger partial charge is 0.497 e. The molecule has 1 N–H and O–H groups in total. The topological polar surface area (TPSA) is 116 Å². The second-order valence-electron chi connectivity index (χ2n) is 9.11. The highest BCUT2D eigenvalue weighted by Crippen LogP contribution is 2.36. The number of fused-ring (bicyclic) bond motifs is 1. The number of hydrogen-bond acceptors (Lipinski definition) is 7. The van der Waals surface area contributed by atoms with Gasteiger partial charge >= 0.3 is 12.6 Å². The Morgan fingerprint density at radius 3 is 2.34 bits per heavy atom. The summed E-state index contributed by atoms with van der Waals surface area (Å²) in [5, 5.41) is 2.46. The second-order valence-corrected chi connectivity index (χ2v) is 9.11. The molecule has 2 atom stereocenters. The summed E-state index contributed by atoms with van der Waals surface area (Å²) < 4.78 is 70.5. The van der Waals surface area contributed by atoms with Gasteiger partial charge < -0.3 is 24.4 Å². The summed E-state index contributed by atoms with van der Waals surface area (Å²) in [6, 6.07) is 7.39. The minimum atomic E-state index is -3.08. The van der Waals surface area contributed by atoms with E-state index in [1.54, 1.807) is 0 Å². The highest BCUT2D eigenvalue weighted by Gasteiger charge is 2.46. The third kappa shape index (κ3) is 5.19. The molecule has 1 saturated heterocycles. The number of pyridine rings is 1. The molecule has 0 unspecified atom stereocenters. The Morgan fingerprint density at radius 2 is 1.71 bits per heavy atom. The number of carbonyl (C=O) groups excluding carboxylic acids is 3. The third-order valence-electron chi connectivity index (χ3n) is 6.80. The summed E-state index contributed by atoms with van der Waals surface area (Å²) in [5.41, 5.74) is -1.47. The highest BCUT2D eigenvalue weighted by molar-refractivity contribution is 6.05. The first-order valence-corrected chi connectivity index (χ1v) is 12.2. The predicted molar refractivity (Wildman–Crippen MR) is 133 cm³/mol. The first-order chi connectivity index (χ1) is 19.6. The normalized spacial score (nSPS) is 18.2. The number of benzene rings is 2. The molecule has 2 aromatic carbocycles. The maximum Gasteiger partial charge on any atom is 0.387 e. The van der Waals surface area contributed by atoms with E-state index in [2.05, 4.69) is 10.1 Å². The Hall–Kier alpha value is -4.88. The number of halogens is 4. The number of amides is 2. The molecule has 3 aromatic rings. The molecule has 2 aliphatic rings. The number of esters is 1. The van der Waals surface area contributed by atoms with E-state index >= 15 is 8.78 Å². The van der Waals surface area contributed by atoms with E-state index < -0.39 is 65.7 Å². The monoisotopic (exact) mass is 575 g/mol. The fraction of sp³-hybridized carbons (Fsp3) is 0.259. The number of carbonyl (C=O) groups is 3. The van der Waals surface area contributed by atoms with Gasteiger partial charge in [-0.2, -0.15) is 8.78 Å². The number of methoxy groups -OCH3 is 1. The SMILES string of the molecule is COc1cc(F)c([C@@H]2CN(c3ccc4n(c3=O)CCOC4=O)C(=O)[C@H]2NC(=O)c2ccc(OC(F)F)cc2)c(F)c1. The quantitative estimate of drug-likeness (QED) is 0.340. The maximum absolute atomic E-state index is 15.2. The van der Waals surface area contributed by atoms with Gasteiger partial charge in [-0.3, -0.25) is 19.0 Å². The standard InChI is InChI=1S/C27H21F4N3O7/c1-39-15-10-17(28)21(18(29)11-15)16-12-34(19-6-7-20-26(38)40-9-8-33(20)24(19)36)25(37)22(16)32-23(35)13-2-4-14(5-3-13)41-27(30)31/h2-7,10-11,16,22,27H,8-9,12H2,1H3,(H,32,35)/t16-,22-/m0/s1. The Labute approximate surface area is 229 Å². The van der Waals surface area contributed by atoms with Crippen molar-refractivity contribution in [3.05, 3.63) is 87.3 Å². The van der Waals surface area contributed by atoms with Crippen molar-refractivity contribution in [2.75, 3.05) is 25.2 Å². The van der Waals surface area contributed by atoms with Gasteiger partial charge in [0.25, 0.3) is 11.5 Å². The van der Waals surface area contributed by atoms with E-state index in [-0.39, 0.29) is 41.6 Å². The molecule has 3 heterocycles. The number of alkyl halides is 2. The van der Waals surface area contributed by atoms with Gasteiger partial charge in [-0.15, -0.1) is 0 Å². The van der Waals surface area contributed by atoms with Crippen molar-refractivity contribution in [2.45, 2.75) is 25.1 Å². The molecule has 1 aromatic heterocycles. The molecule has 2 amide bonds. The van der Waals surface area contributed by atoms with Crippen LogP contribution in [0.3, 0.4) is 0 Å². The van der Waals surface area contributed by atoms with Crippen LogP contribution in [0, 0.1) is 11.6 Å². The first kappa shape index (κ1) is 27.7. The third-order valence-corrected chi connectivity index (χ3v) is 6.80. The van der Waals surface area contributed by atoms with E-state index in [4.69, 9.17) is 9.47 Å². The van der Waals surface area contributed by atoms with Crippen LogP contribution in [0.4, 0.5) is 23.2 Å². The molecule has 0 spiro atoms. The lowest BCUT2D eigenvalue weighted by atomic mass is 9.92. The minimum Gasteiger partial charge on any atom is -0.497 e. The summed E-state index contributed by atoms with van der Waals surface area (Å²) >= 11 is 0. The van der Waals surface area contributed by atoms with Gasteiger partial charge in [-0.1, -0.05) is 0 Å². The van der Waals surface area contributed by atoms with Crippen LogP contribution < -0.4 is 25.2 Å². The molecule has 214 valence electrons. The van der Waals surface area contributed by atoms with Crippen LogP contribution in [0.25, 0.3) is 0 Å².